The molecule has 2 aliphatic heterocycles. The zero-order chi connectivity index (χ0) is 7.26. The van der Waals surface area contributed by atoms with Crippen molar-refractivity contribution >= 4 is 37.1 Å². The minimum Gasteiger partial charge on any atom is -0.317 e. The highest BCUT2D eigenvalue weighted by Crippen LogP contribution is 2.45. The Morgan fingerprint density at radius 3 is 3.27 bits per heavy atom. The van der Waals surface area contributed by atoms with Gasteiger partial charge in [0, 0.05) is 0 Å². The van der Waals surface area contributed by atoms with Crippen LogP contribution in [0.15, 0.2) is 9.55 Å². The summed E-state index contributed by atoms with van der Waals surface area (Å²) < 4.78 is 9.56. The summed E-state index contributed by atoms with van der Waals surface area (Å²) in [5.41, 5.74) is 2.39. The number of oxime groups is 1. The lowest BCUT2D eigenvalue weighted by Crippen LogP contribution is -2.24. The predicted molar refractivity (Wildman–Crippen MR) is 50.0 cm³/mol. The van der Waals surface area contributed by atoms with E-state index in [-0.39, 0.29) is 9.80 Å². The highest BCUT2D eigenvalue weighted by molar-refractivity contribution is 8.82. The van der Waals surface area contributed by atoms with Gasteiger partial charge in [-0.3, -0.25) is 0 Å². The number of hydrogen-bond acceptors (Lipinski definition) is 4. The lowest BCUT2D eigenvalue weighted by atomic mass is 9.96. The van der Waals surface area contributed by atoms with Gasteiger partial charge in [0.1, 0.15) is 15.5 Å². The summed E-state index contributed by atoms with van der Waals surface area (Å²) in [6, 6.07) is 0. The summed E-state index contributed by atoms with van der Waals surface area (Å²) in [7, 11) is 1.38. The molecule has 0 bridgehead atoms. The molecule has 58 valence electrons. The van der Waals surface area contributed by atoms with Gasteiger partial charge in [-0.25, -0.2) is 4.40 Å². The molecule has 0 amide bonds. The summed E-state index contributed by atoms with van der Waals surface area (Å²) >= 11 is 0. The average Bonchev–Trinajstić information content (AvgIpc) is 2.60. The number of nitrogens with zero attached hydrogens (tertiary/aromatic N) is 2. The van der Waals surface area contributed by atoms with Gasteiger partial charge in [0.15, 0.2) is 0 Å². The molecule has 0 aromatic carbocycles. The van der Waals surface area contributed by atoms with Crippen LogP contribution in [-0.4, -0.2) is 16.3 Å². The lowest BCUT2D eigenvalue weighted by molar-refractivity contribution is 0.413. The van der Waals surface area contributed by atoms with Crippen molar-refractivity contribution in [1.82, 2.24) is 0 Å². The zero-order valence-electron chi connectivity index (χ0n) is 5.74. The average molecular weight is 186 g/mol. The first-order valence-corrected chi connectivity index (χ1v) is 6.00. The van der Waals surface area contributed by atoms with Crippen molar-refractivity contribution in [3.8, 4) is 0 Å². The van der Waals surface area contributed by atoms with E-state index in [1.165, 1.54) is 28.0 Å². The molecular weight excluding hydrogens is 180 g/mol. The Morgan fingerprint density at radius 1 is 1.36 bits per heavy atom. The fourth-order valence-corrected chi connectivity index (χ4v) is 4.28. The summed E-state index contributed by atoms with van der Waals surface area (Å²) in [5, 5.41) is 4.03. The van der Waals surface area contributed by atoms with Gasteiger partial charge in [-0.1, -0.05) is 5.16 Å². The molecule has 11 heavy (non-hydrogen) atoms. The van der Waals surface area contributed by atoms with E-state index in [1.807, 2.05) is 0 Å². The van der Waals surface area contributed by atoms with Gasteiger partial charge in [-0.05, 0) is 19.3 Å². The third-order valence-corrected chi connectivity index (χ3v) is 4.71. The second-order valence-corrected chi connectivity index (χ2v) is 5.36. The third-order valence-electron chi connectivity index (χ3n) is 1.95. The summed E-state index contributed by atoms with van der Waals surface area (Å²) in [4.78, 5) is 1.31. The minimum atomic E-state index is -0.151. The molecule has 1 fully saturated rings. The number of rotatable bonds is 0. The molecule has 3 rings (SSSR count). The van der Waals surface area contributed by atoms with Gasteiger partial charge >= 0.3 is 0 Å². The van der Waals surface area contributed by atoms with Gasteiger partial charge in [0.25, 0.3) is 0 Å². The highest BCUT2D eigenvalue weighted by atomic mass is 33.1. The number of hydrogen-bond donors (Lipinski definition) is 0. The largest absolute Gasteiger partial charge is 0.317 e. The lowest BCUT2D eigenvalue weighted by Gasteiger charge is -2.09. The van der Waals surface area contributed by atoms with E-state index in [4.69, 9.17) is 4.28 Å². The maximum atomic E-state index is 5.22. The Kier molecular flexibility index (Phi) is 1.20. The maximum absolute atomic E-state index is 5.22. The second-order valence-electron chi connectivity index (χ2n) is 2.64. The van der Waals surface area contributed by atoms with E-state index in [9.17, 15) is 0 Å². The Bertz CT molecular complexity index is 291. The van der Waals surface area contributed by atoms with E-state index in [0.717, 1.165) is 18.6 Å². The maximum Gasteiger partial charge on any atom is 0.118 e. The van der Waals surface area contributed by atoms with Crippen LogP contribution in [0.2, 0.25) is 0 Å². The fraction of sp³-hybridized carbons (Fsp3) is 0.500. The van der Waals surface area contributed by atoms with Crippen molar-refractivity contribution in [1.29, 1.82) is 0 Å². The quantitative estimate of drug-likeness (QED) is 0.329. The van der Waals surface area contributed by atoms with Crippen LogP contribution in [0.1, 0.15) is 19.3 Å². The molecule has 0 spiro atoms. The smallest absolute Gasteiger partial charge is 0.118 e. The van der Waals surface area contributed by atoms with Crippen molar-refractivity contribution in [3.63, 3.8) is 0 Å². The Morgan fingerprint density at radius 2 is 2.27 bits per heavy atom. The van der Waals surface area contributed by atoms with Crippen LogP contribution in [0, 0.1) is 0 Å². The van der Waals surface area contributed by atoms with Gasteiger partial charge in [-0.2, -0.15) is 0 Å². The van der Waals surface area contributed by atoms with Crippen molar-refractivity contribution in [2.24, 2.45) is 9.55 Å². The molecule has 0 saturated heterocycles. The van der Waals surface area contributed by atoms with E-state index in [2.05, 4.69) is 9.55 Å². The first kappa shape index (κ1) is 6.25. The molecule has 5 heteroatoms. The Labute approximate surface area is 70.6 Å². The monoisotopic (exact) mass is 186 g/mol. The van der Waals surface area contributed by atoms with Crippen molar-refractivity contribution in [2.45, 2.75) is 19.3 Å². The molecule has 0 aromatic heterocycles. The van der Waals surface area contributed by atoms with Gasteiger partial charge in [0.05, 0.1) is 21.6 Å². The molecule has 0 aromatic rings. The van der Waals surface area contributed by atoms with Gasteiger partial charge < -0.3 is 4.28 Å². The van der Waals surface area contributed by atoms with Gasteiger partial charge in [-0.15, -0.1) is 0 Å². The minimum absolute atomic E-state index is 0.151. The SMILES string of the molecule is C1CC2=NOS3=C2C(=NS3)C1. The second kappa shape index (κ2) is 2.10. The topological polar surface area (TPSA) is 34.0 Å². The van der Waals surface area contributed by atoms with Crippen LogP contribution in [0.4, 0.5) is 0 Å². The molecule has 1 atom stereocenters. The Hall–Kier alpha value is -0.290. The van der Waals surface area contributed by atoms with E-state index in [0.29, 0.717) is 0 Å². The fourth-order valence-electron chi connectivity index (χ4n) is 1.43. The van der Waals surface area contributed by atoms with Crippen molar-refractivity contribution < 1.29 is 4.28 Å². The first-order valence-electron chi connectivity index (χ1n) is 3.56. The molecular formula is C6H6N2OS2. The van der Waals surface area contributed by atoms with E-state index >= 15 is 0 Å². The molecule has 2 heterocycles. The standard InChI is InChI=1S/C6H6N2OS2/c1-2-4-6-5(3-1)8-10-11(6)9-7-4/h1-3H2. The first-order chi connectivity index (χ1) is 5.45. The van der Waals surface area contributed by atoms with Crippen LogP contribution in [0.3, 0.4) is 0 Å². The highest BCUT2D eigenvalue weighted by Gasteiger charge is 2.33. The van der Waals surface area contributed by atoms with Crippen LogP contribution in [0.25, 0.3) is 0 Å². The van der Waals surface area contributed by atoms with Crippen LogP contribution < -0.4 is 0 Å². The normalized spacial score (nSPS) is 32.7. The van der Waals surface area contributed by atoms with Crippen molar-refractivity contribution in [3.05, 3.63) is 0 Å². The van der Waals surface area contributed by atoms with Crippen LogP contribution in [0.5, 0.6) is 0 Å². The predicted octanol–water partition coefficient (Wildman–Crippen LogP) is 1.93. The summed E-state index contributed by atoms with van der Waals surface area (Å²) in [6.45, 7) is 0. The van der Waals surface area contributed by atoms with E-state index < -0.39 is 0 Å². The van der Waals surface area contributed by atoms with Gasteiger partial charge in [0.2, 0.25) is 0 Å². The molecule has 0 radical (unpaired) electrons. The molecule has 1 aliphatic carbocycles. The van der Waals surface area contributed by atoms with E-state index in [1.54, 1.807) is 0 Å². The molecule has 3 nitrogen and oxygen atoms in total. The van der Waals surface area contributed by atoms with Crippen LogP contribution >= 0.6 is 20.8 Å². The van der Waals surface area contributed by atoms with Crippen molar-refractivity contribution in [2.75, 3.05) is 0 Å². The molecule has 3 aliphatic rings. The van der Waals surface area contributed by atoms with Crippen LogP contribution in [-0.2, 0) is 4.28 Å². The zero-order valence-corrected chi connectivity index (χ0v) is 7.37. The molecule has 1 saturated carbocycles. The summed E-state index contributed by atoms with van der Waals surface area (Å²) in [6.07, 6.45) is 3.38. The molecule has 1 unspecified atom stereocenters. The molecule has 0 N–H and O–H groups in total. The third kappa shape index (κ3) is 0.752. The Balaban J connectivity index is 2.16. The summed E-state index contributed by atoms with van der Waals surface area (Å²) in [5.74, 6) is 0.